The van der Waals surface area contributed by atoms with Crippen LogP contribution in [0.5, 0.6) is 0 Å². The number of morpholine rings is 1. The normalized spacial score (nSPS) is 25.8. The maximum Gasteiger partial charge on any atom is 0.390 e. The van der Waals surface area contributed by atoms with Crippen LogP contribution in [0.4, 0.5) is 29.7 Å². The molecule has 212 valence electrons. The molecular formula is C27H35F3N6O3. The molecular weight excluding hydrogens is 513 g/mol. The van der Waals surface area contributed by atoms with Crippen LogP contribution in [0.2, 0.25) is 0 Å². The summed E-state index contributed by atoms with van der Waals surface area (Å²) in [5, 5.41) is 13.4. The van der Waals surface area contributed by atoms with E-state index in [9.17, 15) is 23.1 Å². The molecule has 1 aromatic carbocycles. The second-order valence-electron chi connectivity index (χ2n) is 11.0. The molecule has 5 rings (SSSR count). The van der Waals surface area contributed by atoms with Crippen molar-refractivity contribution in [3.05, 3.63) is 35.4 Å². The molecule has 3 fully saturated rings. The van der Waals surface area contributed by atoms with Crippen LogP contribution in [-0.2, 0) is 10.2 Å². The highest BCUT2D eigenvalue weighted by molar-refractivity contribution is 5.74. The molecule has 2 amide bonds. The summed E-state index contributed by atoms with van der Waals surface area (Å²) in [6.07, 6.45) is -3.74. The molecule has 12 heteroatoms. The summed E-state index contributed by atoms with van der Waals surface area (Å²) in [4.78, 5) is 24.9. The number of likely N-dealkylation sites (tertiary alicyclic amines) is 1. The molecule has 39 heavy (non-hydrogen) atoms. The molecule has 0 spiro atoms. The first-order valence-corrected chi connectivity index (χ1v) is 13.4. The molecule has 0 radical (unpaired) electrons. The van der Waals surface area contributed by atoms with Gasteiger partial charge in [0.1, 0.15) is 5.82 Å². The number of halogens is 3. The lowest BCUT2D eigenvalue weighted by Crippen LogP contribution is -2.40. The number of carbonyl (C=O) groups excluding carboxylic acids is 1. The van der Waals surface area contributed by atoms with Gasteiger partial charge in [-0.3, -0.25) is 0 Å². The lowest BCUT2D eigenvalue weighted by molar-refractivity contribution is -0.147. The lowest BCUT2D eigenvalue weighted by Gasteiger charge is -2.33. The van der Waals surface area contributed by atoms with E-state index in [1.54, 1.807) is 12.1 Å². The maximum atomic E-state index is 14.0. The predicted octanol–water partition coefficient (Wildman–Crippen LogP) is 3.59. The van der Waals surface area contributed by atoms with Gasteiger partial charge in [-0.1, -0.05) is 17.7 Å². The van der Waals surface area contributed by atoms with Crippen LogP contribution in [0.15, 0.2) is 24.3 Å². The van der Waals surface area contributed by atoms with Gasteiger partial charge in [-0.15, -0.1) is 0 Å². The number of hydrogen-bond donors (Lipinski definition) is 3. The van der Waals surface area contributed by atoms with Crippen molar-refractivity contribution in [2.45, 2.75) is 62.8 Å². The molecule has 3 atom stereocenters. The SMILES string of the molecule is Cc1ccc(C2(CC(F)(F)F)CCN(C(N)=O)C2)c(-c2cc(N3CCOCC3)nc(N[C@H]3CC[C@@H](O)C3)n2)c1. The molecule has 4 N–H and O–H groups in total. The van der Waals surface area contributed by atoms with Gasteiger partial charge in [0.2, 0.25) is 5.95 Å². The van der Waals surface area contributed by atoms with E-state index in [-0.39, 0.29) is 31.7 Å². The molecule has 1 aromatic heterocycles. The minimum atomic E-state index is -4.45. The van der Waals surface area contributed by atoms with Crippen molar-refractivity contribution < 1.29 is 27.8 Å². The van der Waals surface area contributed by atoms with E-state index in [2.05, 4.69) is 10.2 Å². The zero-order chi connectivity index (χ0) is 27.8. The van der Waals surface area contributed by atoms with Crippen molar-refractivity contribution in [1.29, 1.82) is 0 Å². The number of benzene rings is 1. The Labute approximate surface area is 225 Å². The quantitative estimate of drug-likeness (QED) is 0.505. The third-order valence-electron chi connectivity index (χ3n) is 8.01. The number of hydrogen-bond acceptors (Lipinski definition) is 7. The molecule has 3 heterocycles. The van der Waals surface area contributed by atoms with Gasteiger partial charge in [0.05, 0.1) is 31.4 Å². The van der Waals surface area contributed by atoms with Crippen LogP contribution >= 0.6 is 0 Å². The van der Waals surface area contributed by atoms with Gasteiger partial charge in [-0.2, -0.15) is 18.2 Å². The first-order valence-electron chi connectivity index (χ1n) is 13.4. The highest BCUT2D eigenvalue weighted by Gasteiger charge is 2.49. The molecule has 2 aliphatic heterocycles. The van der Waals surface area contributed by atoms with Crippen LogP contribution in [0, 0.1) is 6.92 Å². The van der Waals surface area contributed by atoms with E-state index in [1.807, 2.05) is 19.1 Å². The number of carbonyl (C=O) groups is 1. The number of aliphatic hydroxyl groups is 1. The van der Waals surface area contributed by atoms with E-state index in [1.165, 1.54) is 4.90 Å². The first kappa shape index (κ1) is 27.4. The number of alkyl halides is 3. The van der Waals surface area contributed by atoms with Crippen molar-refractivity contribution in [2.75, 3.05) is 49.6 Å². The van der Waals surface area contributed by atoms with Gasteiger partial charge in [0.25, 0.3) is 0 Å². The number of aliphatic hydroxyl groups excluding tert-OH is 1. The Kier molecular flexibility index (Phi) is 7.60. The fraction of sp³-hybridized carbons (Fsp3) is 0.593. The van der Waals surface area contributed by atoms with E-state index in [0.29, 0.717) is 67.7 Å². The zero-order valence-corrected chi connectivity index (χ0v) is 22.0. The Morgan fingerprint density at radius 2 is 1.97 bits per heavy atom. The molecule has 1 aliphatic carbocycles. The smallest absolute Gasteiger partial charge is 0.390 e. The number of nitrogens with zero attached hydrogens (tertiary/aromatic N) is 4. The largest absolute Gasteiger partial charge is 0.393 e. The molecule has 1 unspecified atom stereocenters. The fourth-order valence-electron chi connectivity index (χ4n) is 6.10. The van der Waals surface area contributed by atoms with E-state index in [0.717, 1.165) is 12.0 Å². The molecule has 3 aliphatic rings. The number of nitrogens with one attached hydrogen (secondary N) is 1. The number of urea groups is 1. The zero-order valence-electron chi connectivity index (χ0n) is 22.0. The average molecular weight is 549 g/mol. The van der Waals surface area contributed by atoms with Crippen LogP contribution in [0.25, 0.3) is 11.3 Å². The predicted molar refractivity (Wildman–Crippen MR) is 141 cm³/mol. The second kappa shape index (κ2) is 10.8. The second-order valence-corrected chi connectivity index (χ2v) is 11.0. The number of aryl methyl sites for hydroxylation is 1. The number of anilines is 2. The number of aromatic nitrogens is 2. The van der Waals surface area contributed by atoms with Crippen LogP contribution in [0.3, 0.4) is 0 Å². The highest BCUT2D eigenvalue weighted by Crippen LogP contribution is 2.47. The summed E-state index contributed by atoms with van der Waals surface area (Å²) in [5.41, 5.74) is 6.58. The van der Waals surface area contributed by atoms with Crippen molar-refractivity contribution >= 4 is 17.8 Å². The monoisotopic (exact) mass is 548 g/mol. The number of rotatable bonds is 6. The van der Waals surface area contributed by atoms with Gasteiger partial charge in [-0.05, 0) is 44.2 Å². The molecule has 9 nitrogen and oxygen atoms in total. The highest BCUT2D eigenvalue weighted by atomic mass is 19.4. The van der Waals surface area contributed by atoms with Crippen LogP contribution < -0.4 is 16.0 Å². The summed E-state index contributed by atoms with van der Waals surface area (Å²) in [6.45, 7) is 4.27. The Hall–Kier alpha value is -3.12. The Balaban J connectivity index is 1.61. The lowest BCUT2D eigenvalue weighted by atomic mass is 9.73. The van der Waals surface area contributed by atoms with Crippen LogP contribution in [0.1, 0.15) is 43.2 Å². The van der Waals surface area contributed by atoms with Gasteiger partial charge >= 0.3 is 12.2 Å². The molecule has 2 saturated heterocycles. The van der Waals surface area contributed by atoms with Crippen molar-refractivity contribution in [1.82, 2.24) is 14.9 Å². The number of amides is 2. The van der Waals surface area contributed by atoms with Crippen LogP contribution in [-0.4, -0.2) is 83.7 Å². The summed E-state index contributed by atoms with van der Waals surface area (Å²) in [6, 6.07) is 6.48. The number of nitrogens with two attached hydrogens (primary N) is 1. The number of ether oxygens (including phenoxy) is 1. The minimum absolute atomic E-state index is 0.000276. The minimum Gasteiger partial charge on any atom is -0.393 e. The topological polar surface area (TPSA) is 117 Å². The maximum absolute atomic E-state index is 14.0. The Morgan fingerprint density at radius 1 is 1.21 bits per heavy atom. The van der Waals surface area contributed by atoms with Gasteiger partial charge in [0, 0.05) is 49.3 Å². The summed E-state index contributed by atoms with van der Waals surface area (Å²) in [7, 11) is 0. The van der Waals surface area contributed by atoms with Gasteiger partial charge in [0.15, 0.2) is 0 Å². The van der Waals surface area contributed by atoms with Gasteiger partial charge in [-0.25, -0.2) is 9.78 Å². The summed E-state index contributed by atoms with van der Waals surface area (Å²) in [5.74, 6) is 1.03. The third kappa shape index (κ3) is 6.22. The standard InChI is InChI=1S/C27H35F3N6O3/c1-17-2-5-21(26(15-27(28,29)30)6-7-36(16-26)24(31)38)20(12-17)22-14-23(35-8-10-39-11-9-35)34-25(33-22)32-18-3-4-19(37)13-18/h2,5,12,14,18-19,37H,3-4,6-11,13,15-16H2,1H3,(H2,31,38)(H,32,33,34)/t18-,19+,26?/m0/s1. The number of primary amides is 1. The Morgan fingerprint density at radius 3 is 2.62 bits per heavy atom. The molecule has 2 aromatic rings. The summed E-state index contributed by atoms with van der Waals surface area (Å²) < 4.78 is 47.5. The molecule has 0 bridgehead atoms. The fourth-order valence-corrected chi connectivity index (χ4v) is 6.10. The van der Waals surface area contributed by atoms with Gasteiger partial charge < -0.3 is 30.7 Å². The summed E-state index contributed by atoms with van der Waals surface area (Å²) >= 11 is 0. The van der Waals surface area contributed by atoms with E-state index < -0.39 is 24.0 Å². The van der Waals surface area contributed by atoms with E-state index in [4.69, 9.17) is 20.4 Å². The average Bonchev–Trinajstić information content (AvgIpc) is 3.50. The Bertz CT molecular complexity index is 1210. The molecule has 1 saturated carbocycles. The van der Waals surface area contributed by atoms with Crippen molar-refractivity contribution in [3.8, 4) is 11.3 Å². The van der Waals surface area contributed by atoms with Crippen molar-refractivity contribution in [2.24, 2.45) is 5.73 Å². The first-order chi connectivity index (χ1) is 18.5. The third-order valence-corrected chi connectivity index (χ3v) is 8.01. The van der Waals surface area contributed by atoms with Crippen molar-refractivity contribution in [3.63, 3.8) is 0 Å². The van der Waals surface area contributed by atoms with E-state index >= 15 is 0 Å².